The SMILES string of the molecule is Cc1ccc(C(=O)C2C3CCCCC32)c(F)c1F. The van der Waals surface area contributed by atoms with Crippen LogP contribution in [0.1, 0.15) is 41.6 Å². The van der Waals surface area contributed by atoms with Crippen molar-refractivity contribution in [3.8, 4) is 0 Å². The summed E-state index contributed by atoms with van der Waals surface area (Å²) in [6.07, 6.45) is 4.46. The van der Waals surface area contributed by atoms with Gasteiger partial charge in [-0.2, -0.15) is 0 Å². The lowest BCUT2D eigenvalue weighted by Gasteiger charge is -2.04. The number of ketones is 1. The van der Waals surface area contributed by atoms with Gasteiger partial charge in [-0.25, -0.2) is 8.78 Å². The highest BCUT2D eigenvalue weighted by molar-refractivity contribution is 6.00. The second-order valence-electron chi connectivity index (χ2n) is 5.56. The zero-order chi connectivity index (χ0) is 12.9. The first-order valence-corrected chi connectivity index (χ1v) is 6.60. The molecule has 1 aromatic rings. The number of rotatable bonds is 2. The highest BCUT2D eigenvalue weighted by atomic mass is 19.2. The van der Waals surface area contributed by atoms with Crippen LogP contribution in [0.3, 0.4) is 0 Å². The maximum atomic E-state index is 13.8. The largest absolute Gasteiger partial charge is 0.294 e. The van der Waals surface area contributed by atoms with Gasteiger partial charge in [0.2, 0.25) is 0 Å². The van der Waals surface area contributed by atoms with Gasteiger partial charge in [0.15, 0.2) is 17.4 Å². The van der Waals surface area contributed by atoms with Crippen molar-refractivity contribution in [2.75, 3.05) is 0 Å². The summed E-state index contributed by atoms with van der Waals surface area (Å²) in [7, 11) is 0. The van der Waals surface area contributed by atoms with Crippen molar-refractivity contribution in [3.63, 3.8) is 0 Å². The zero-order valence-corrected chi connectivity index (χ0v) is 10.4. The number of carbonyl (C=O) groups excluding carboxylic acids is 1. The fourth-order valence-electron chi connectivity index (χ4n) is 3.40. The number of aryl methyl sites for hydroxylation is 1. The van der Waals surface area contributed by atoms with Gasteiger partial charge in [-0.3, -0.25) is 4.79 Å². The Kier molecular flexibility index (Phi) is 2.72. The predicted octanol–water partition coefficient (Wildman–Crippen LogP) is 3.89. The second kappa shape index (κ2) is 4.15. The van der Waals surface area contributed by atoms with Crippen molar-refractivity contribution in [1.29, 1.82) is 0 Å². The first kappa shape index (κ1) is 11.8. The monoisotopic (exact) mass is 250 g/mol. The molecule has 2 unspecified atom stereocenters. The van der Waals surface area contributed by atoms with Crippen LogP contribution in [0.4, 0.5) is 8.78 Å². The summed E-state index contributed by atoms with van der Waals surface area (Å²) in [6, 6.07) is 2.91. The number of Topliss-reactive ketones (excluding diaryl/α,β-unsaturated/α-hetero) is 1. The summed E-state index contributed by atoms with van der Waals surface area (Å²) in [6.45, 7) is 1.50. The van der Waals surface area contributed by atoms with Crippen molar-refractivity contribution in [2.45, 2.75) is 32.6 Å². The molecule has 0 spiro atoms. The van der Waals surface area contributed by atoms with E-state index >= 15 is 0 Å². The van der Waals surface area contributed by atoms with Gasteiger partial charge in [-0.1, -0.05) is 18.9 Å². The first-order chi connectivity index (χ1) is 8.61. The average Bonchev–Trinajstić information content (AvgIpc) is 3.10. The number of carbonyl (C=O) groups is 1. The van der Waals surface area contributed by atoms with Gasteiger partial charge in [-0.05, 0) is 43.2 Å². The molecule has 2 aliphatic rings. The summed E-state index contributed by atoms with van der Waals surface area (Å²) >= 11 is 0. The molecule has 2 atom stereocenters. The molecule has 0 aliphatic heterocycles. The molecule has 2 saturated carbocycles. The molecule has 0 N–H and O–H groups in total. The lowest BCUT2D eigenvalue weighted by atomic mass is 10.0. The Morgan fingerprint density at radius 3 is 2.33 bits per heavy atom. The first-order valence-electron chi connectivity index (χ1n) is 6.60. The topological polar surface area (TPSA) is 17.1 Å². The third kappa shape index (κ3) is 1.68. The third-order valence-corrected chi connectivity index (χ3v) is 4.50. The molecule has 96 valence electrons. The molecule has 3 rings (SSSR count). The number of hydrogen-bond acceptors (Lipinski definition) is 1. The van der Waals surface area contributed by atoms with E-state index in [2.05, 4.69) is 0 Å². The lowest BCUT2D eigenvalue weighted by molar-refractivity contribution is 0.0951. The minimum Gasteiger partial charge on any atom is -0.294 e. The van der Waals surface area contributed by atoms with Gasteiger partial charge >= 0.3 is 0 Å². The molecule has 0 saturated heterocycles. The Bertz CT molecular complexity index is 497. The van der Waals surface area contributed by atoms with Crippen LogP contribution in [0.5, 0.6) is 0 Å². The second-order valence-corrected chi connectivity index (χ2v) is 5.56. The van der Waals surface area contributed by atoms with E-state index in [9.17, 15) is 13.6 Å². The minimum absolute atomic E-state index is 0.0518. The van der Waals surface area contributed by atoms with Crippen LogP contribution in [-0.4, -0.2) is 5.78 Å². The molecule has 0 amide bonds. The normalized spacial score (nSPS) is 29.8. The van der Waals surface area contributed by atoms with Crippen molar-refractivity contribution < 1.29 is 13.6 Å². The van der Waals surface area contributed by atoms with Gasteiger partial charge < -0.3 is 0 Å². The molecule has 0 aromatic heterocycles. The van der Waals surface area contributed by atoms with Crippen LogP contribution in [0.15, 0.2) is 12.1 Å². The summed E-state index contributed by atoms with van der Waals surface area (Å²) in [5, 5.41) is 0. The number of hydrogen-bond donors (Lipinski definition) is 0. The van der Waals surface area contributed by atoms with E-state index in [0.717, 1.165) is 25.7 Å². The van der Waals surface area contributed by atoms with Crippen molar-refractivity contribution in [3.05, 3.63) is 34.9 Å². The smallest absolute Gasteiger partial charge is 0.169 e. The number of benzene rings is 1. The lowest BCUT2D eigenvalue weighted by Crippen LogP contribution is -2.09. The van der Waals surface area contributed by atoms with E-state index in [-0.39, 0.29) is 22.8 Å². The maximum absolute atomic E-state index is 13.8. The molecule has 0 heterocycles. The van der Waals surface area contributed by atoms with E-state index in [1.165, 1.54) is 19.1 Å². The Labute approximate surface area is 105 Å². The molecule has 0 radical (unpaired) electrons. The molecule has 1 aromatic carbocycles. The summed E-state index contributed by atoms with van der Waals surface area (Å²) in [5.74, 6) is -1.24. The van der Waals surface area contributed by atoms with Gasteiger partial charge in [0, 0.05) is 5.92 Å². The van der Waals surface area contributed by atoms with Gasteiger partial charge in [-0.15, -0.1) is 0 Å². The van der Waals surface area contributed by atoms with Gasteiger partial charge in [0.25, 0.3) is 0 Å². The average molecular weight is 250 g/mol. The predicted molar refractivity (Wildman–Crippen MR) is 64.4 cm³/mol. The highest BCUT2D eigenvalue weighted by Gasteiger charge is 2.54. The van der Waals surface area contributed by atoms with Gasteiger partial charge in [0.05, 0.1) is 5.56 Å². The molecular formula is C15H16F2O. The highest BCUT2D eigenvalue weighted by Crippen LogP contribution is 2.56. The quantitative estimate of drug-likeness (QED) is 0.728. The molecule has 2 aliphatic carbocycles. The van der Waals surface area contributed by atoms with Crippen LogP contribution in [0.2, 0.25) is 0 Å². The van der Waals surface area contributed by atoms with E-state index in [4.69, 9.17) is 0 Å². The minimum atomic E-state index is -0.969. The molecule has 2 fully saturated rings. The molecule has 0 bridgehead atoms. The van der Waals surface area contributed by atoms with Crippen molar-refractivity contribution >= 4 is 5.78 Å². The Morgan fingerprint density at radius 1 is 1.11 bits per heavy atom. The Hall–Kier alpha value is -1.25. The maximum Gasteiger partial charge on any atom is 0.169 e. The van der Waals surface area contributed by atoms with Gasteiger partial charge in [0.1, 0.15) is 0 Å². The zero-order valence-electron chi connectivity index (χ0n) is 10.4. The van der Waals surface area contributed by atoms with E-state index in [1.807, 2.05) is 0 Å². The summed E-state index contributed by atoms with van der Waals surface area (Å²) in [4.78, 5) is 12.3. The van der Waals surface area contributed by atoms with Crippen LogP contribution in [0, 0.1) is 36.3 Å². The number of fused-ring (bicyclic) bond motifs is 1. The van der Waals surface area contributed by atoms with Crippen molar-refractivity contribution in [1.82, 2.24) is 0 Å². The Morgan fingerprint density at radius 2 is 1.72 bits per heavy atom. The molecular weight excluding hydrogens is 234 g/mol. The molecule has 3 heteroatoms. The van der Waals surface area contributed by atoms with Crippen LogP contribution < -0.4 is 0 Å². The van der Waals surface area contributed by atoms with Crippen LogP contribution in [-0.2, 0) is 0 Å². The summed E-state index contributed by atoms with van der Waals surface area (Å²) in [5.41, 5.74) is 0.190. The Balaban J connectivity index is 1.88. The summed E-state index contributed by atoms with van der Waals surface area (Å²) < 4.78 is 27.3. The van der Waals surface area contributed by atoms with E-state index in [1.54, 1.807) is 0 Å². The van der Waals surface area contributed by atoms with Crippen LogP contribution >= 0.6 is 0 Å². The van der Waals surface area contributed by atoms with Crippen molar-refractivity contribution in [2.24, 2.45) is 17.8 Å². The van der Waals surface area contributed by atoms with Crippen LogP contribution in [0.25, 0.3) is 0 Å². The third-order valence-electron chi connectivity index (χ3n) is 4.50. The van der Waals surface area contributed by atoms with E-state index in [0.29, 0.717) is 11.8 Å². The fraction of sp³-hybridized carbons (Fsp3) is 0.533. The molecule has 18 heavy (non-hydrogen) atoms. The standard InChI is InChI=1S/C15H16F2O/c1-8-6-7-11(14(17)13(8)16)15(18)12-9-4-2-3-5-10(9)12/h6-7,9-10,12H,2-5H2,1H3. The number of halogens is 2. The fourth-order valence-corrected chi connectivity index (χ4v) is 3.40. The van der Waals surface area contributed by atoms with E-state index < -0.39 is 11.6 Å². The molecule has 1 nitrogen and oxygen atoms in total.